The molecule has 0 radical (unpaired) electrons. The number of hydrogen-bond donors (Lipinski definition) is 0. The molecule has 5 rings (SSSR count). The minimum atomic E-state index is -2.58. The molecule has 0 unspecified atom stereocenters. The fraction of sp³-hybridized carbons (Fsp3) is 0. The maximum absolute atomic E-state index is 7.38. The lowest BCUT2D eigenvalue weighted by Crippen LogP contribution is -2.32. The van der Waals surface area contributed by atoms with E-state index in [1.165, 1.54) is 0 Å². The van der Waals surface area contributed by atoms with Crippen molar-refractivity contribution in [1.29, 1.82) is 0 Å². The van der Waals surface area contributed by atoms with Crippen LogP contribution in [0.3, 0.4) is 0 Å². The van der Waals surface area contributed by atoms with Crippen molar-refractivity contribution in [3.63, 3.8) is 0 Å². The topological polar surface area (TPSA) is 12.4 Å². The van der Waals surface area contributed by atoms with E-state index >= 15 is 0 Å². The average Bonchev–Trinajstić information content (AvgIpc) is 2.99. The summed E-state index contributed by atoms with van der Waals surface area (Å²) in [5, 5.41) is 4.43. The highest BCUT2D eigenvalue weighted by atomic mass is 35.5. The van der Waals surface area contributed by atoms with Crippen LogP contribution in [0.15, 0.2) is 162 Å². The third-order valence-corrected chi connectivity index (χ3v) is 11.2. The molecule has 0 aliphatic rings. The summed E-state index contributed by atoms with van der Waals surface area (Å²) >= 11 is 14.4. The number of rotatable bonds is 7. The molecule has 0 atom stereocenters. The van der Waals surface area contributed by atoms with E-state index in [0.717, 1.165) is 32.5 Å². The third kappa shape index (κ3) is 5.17. The van der Waals surface area contributed by atoms with E-state index in [4.69, 9.17) is 28.2 Å². The molecule has 0 fully saturated rings. The van der Waals surface area contributed by atoms with Crippen LogP contribution in [-0.2, 0) is 0 Å². The lowest BCUT2D eigenvalue weighted by atomic mass is 10.2. The highest BCUT2D eigenvalue weighted by molar-refractivity contribution is 7.99. The first-order valence-corrected chi connectivity index (χ1v) is 14.6. The van der Waals surface area contributed by atoms with Gasteiger partial charge < -0.3 is 0 Å². The van der Waals surface area contributed by atoms with Gasteiger partial charge in [-0.1, -0.05) is 138 Å². The van der Waals surface area contributed by atoms with Crippen molar-refractivity contribution < 1.29 is 0 Å². The van der Waals surface area contributed by atoms with Gasteiger partial charge in [-0.05, 0) is 42.0 Å². The van der Waals surface area contributed by atoms with Crippen molar-refractivity contribution in [3.8, 4) is 0 Å². The number of hydrogen-bond acceptors (Lipinski definition) is 1. The molecule has 0 saturated carbocycles. The molecule has 5 aromatic rings. The van der Waals surface area contributed by atoms with Crippen LogP contribution in [0.2, 0.25) is 0 Å². The number of halogens is 2. The van der Waals surface area contributed by atoms with Crippen LogP contribution in [0.25, 0.3) is 5.03 Å². The van der Waals surface area contributed by atoms with Crippen molar-refractivity contribution in [2.45, 2.75) is 0 Å². The van der Waals surface area contributed by atoms with Gasteiger partial charge in [0, 0.05) is 5.56 Å². The lowest BCUT2D eigenvalue weighted by Gasteiger charge is -2.28. The van der Waals surface area contributed by atoms with E-state index in [9.17, 15) is 0 Å². The number of aliphatic imine (C=N–C) groups is 1. The van der Waals surface area contributed by atoms with Crippen LogP contribution >= 0.6 is 30.5 Å². The Labute approximate surface area is 229 Å². The SMILES string of the molecule is Cl/C(=N\C(=C(/Cl)c1ccccc1)[P+](c1ccccc1)(c1ccccc1)c1ccccc1)c1ccccc1. The Morgan fingerprint density at radius 2 is 0.757 bits per heavy atom. The van der Waals surface area contributed by atoms with E-state index in [0.29, 0.717) is 10.2 Å². The molecule has 4 heteroatoms. The maximum atomic E-state index is 7.38. The molecule has 0 bridgehead atoms. The first-order valence-electron chi connectivity index (χ1n) is 12.0. The summed E-state index contributed by atoms with van der Waals surface area (Å²) in [6.45, 7) is 0. The second-order valence-corrected chi connectivity index (χ2v) is 12.5. The minimum Gasteiger partial charge on any atom is -0.199 e. The van der Waals surface area contributed by atoms with E-state index in [-0.39, 0.29) is 0 Å². The van der Waals surface area contributed by atoms with Gasteiger partial charge in [0.15, 0.2) is 7.26 Å². The first kappa shape index (κ1) is 25.2. The zero-order valence-corrected chi connectivity index (χ0v) is 22.5. The summed E-state index contributed by atoms with van der Waals surface area (Å²) in [6, 6.07) is 51.5. The van der Waals surface area contributed by atoms with Gasteiger partial charge in [-0.25, -0.2) is 0 Å². The van der Waals surface area contributed by atoms with Crippen molar-refractivity contribution >= 4 is 56.6 Å². The van der Waals surface area contributed by atoms with Crippen LogP contribution in [0.4, 0.5) is 0 Å². The Bertz CT molecular complexity index is 1410. The third-order valence-electron chi connectivity index (χ3n) is 6.19. The van der Waals surface area contributed by atoms with E-state index in [1.54, 1.807) is 0 Å². The van der Waals surface area contributed by atoms with Gasteiger partial charge in [-0.2, -0.15) is 4.99 Å². The summed E-state index contributed by atoms with van der Waals surface area (Å²) in [7, 11) is -2.58. The Hall–Kier alpha value is -3.48. The molecule has 0 N–H and O–H groups in total. The van der Waals surface area contributed by atoms with E-state index in [2.05, 4.69) is 72.8 Å². The Morgan fingerprint density at radius 3 is 1.14 bits per heavy atom. The summed E-state index contributed by atoms with van der Waals surface area (Å²) in [4.78, 5) is 5.20. The molecule has 5 aromatic carbocycles. The molecular formula is C33H25Cl2NP+. The van der Waals surface area contributed by atoms with Crippen molar-refractivity contribution in [3.05, 3.63) is 168 Å². The monoisotopic (exact) mass is 536 g/mol. The molecule has 1 nitrogen and oxygen atoms in total. The molecule has 0 aliphatic heterocycles. The van der Waals surface area contributed by atoms with Gasteiger partial charge in [-0.15, -0.1) is 0 Å². The van der Waals surface area contributed by atoms with Crippen LogP contribution in [0, 0.1) is 0 Å². The summed E-state index contributed by atoms with van der Waals surface area (Å²) in [5.74, 6) is 0. The zero-order valence-electron chi connectivity index (χ0n) is 20.1. The summed E-state index contributed by atoms with van der Waals surface area (Å²) < 4.78 is 0. The smallest absolute Gasteiger partial charge is 0.199 e. The molecule has 0 heterocycles. The molecular weight excluding hydrogens is 512 g/mol. The van der Waals surface area contributed by atoms with Crippen LogP contribution in [0.1, 0.15) is 11.1 Å². The van der Waals surface area contributed by atoms with Crippen LogP contribution in [0.5, 0.6) is 0 Å². The van der Waals surface area contributed by atoms with Gasteiger partial charge in [0.2, 0.25) is 5.44 Å². The summed E-state index contributed by atoms with van der Waals surface area (Å²) in [5.41, 5.74) is 2.50. The minimum absolute atomic E-state index is 0.400. The molecule has 37 heavy (non-hydrogen) atoms. The first-order chi connectivity index (χ1) is 18.2. The molecule has 0 saturated heterocycles. The number of nitrogens with zero attached hydrogens (tertiary/aromatic N) is 1. The zero-order chi connectivity index (χ0) is 25.5. The highest BCUT2D eigenvalue weighted by Crippen LogP contribution is 2.65. The molecule has 0 aliphatic carbocycles. The fourth-order valence-electron chi connectivity index (χ4n) is 4.49. The van der Waals surface area contributed by atoms with Gasteiger partial charge in [0.1, 0.15) is 26.1 Å². The predicted octanol–water partition coefficient (Wildman–Crippen LogP) is 8.23. The van der Waals surface area contributed by atoms with Gasteiger partial charge in [-0.3, -0.25) is 0 Å². The largest absolute Gasteiger partial charge is 0.218 e. The van der Waals surface area contributed by atoms with Gasteiger partial charge in [0.25, 0.3) is 0 Å². The molecule has 0 aromatic heterocycles. The Balaban J connectivity index is 1.95. The Morgan fingerprint density at radius 1 is 0.432 bits per heavy atom. The van der Waals surface area contributed by atoms with Crippen molar-refractivity contribution in [2.24, 2.45) is 4.99 Å². The van der Waals surface area contributed by atoms with E-state index in [1.807, 2.05) is 78.9 Å². The maximum Gasteiger partial charge on any atom is 0.218 e. The molecule has 0 amide bonds. The second kappa shape index (κ2) is 11.7. The quantitative estimate of drug-likeness (QED) is 0.147. The van der Waals surface area contributed by atoms with Crippen LogP contribution in [-0.4, -0.2) is 5.17 Å². The second-order valence-electron chi connectivity index (χ2n) is 8.45. The Kier molecular flexibility index (Phi) is 7.97. The van der Waals surface area contributed by atoms with Crippen LogP contribution < -0.4 is 15.9 Å². The van der Waals surface area contributed by atoms with Gasteiger partial charge >= 0.3 is 0 Å². The average molecular weight is 537 g/mol. The fourth-order valence-corrected chi connectivity index (χ4v) is 9.46. The standard InChI is InChI=1S/C33H25Cl2NP/c34-31(26-16-6-1-7-17-26)33(36-32(35)27-18-8-2-9-19-27)37(28-20-10-3-11-21-28,29-22-12-4-13-23-29)30-24-14-5-15-25-30/h1-25H/q+1/b33-31+,36-32-. The molecule has 0 spiro atoms. The lowest BCUT2D eigenvalue weighted by molar-refractivity contribution is 1.49. The molecule has 180 valence electrons. The van der Waals surface area contributed by atoms with E-state index < -0.39 is 7.26 Å². The highest BCUT2D eigenvalue weighted by Gasteiger charge is 2.52. The van der Waals surface area contributed by atoms with Crippen molar-refractivity contribution in [2.75, 3.05) is 0 Å². The number of benzene rings is 5. The normalized spacial score (nSPS) is 12.6. The van der Waals surface area contributed by atoms with Gasteiger partial charge in [0.05, 0.1) is 0 Å². The summed E-state index contributed by atoms with van der Waals surface area (Å²) in [6.07, 6.45) is 0. The predicted molar refractivity (Wildman–Crippen MR) is 163 cm³/mol. The van der Waals surface area contributed by atoms with Crippen molar-refractivity contribution in [1.82, 2.24) is 0 Å².